The Morgan fingerprint density at radius 3 is 0.869 bits per heavy atom. The van der Waals surface area contributed by atoms with Gasteiger partial charge in [0.15, 0.2) is 6.10 Å². The Bertz CT molecular complexity index is 2240. The molecular weight excluding hydrogens is 1220 g/mol. The second kappa shape index (κ2) is 78.4. The molecule has 2 atom stereocenters. The molecule has 2 unspecified atom stereocenters. The van der Waals surface area contributed by atoms with Gasteiger partial charge in [0.2, 0.25) is 0 Å². The van der Waals surface area contributed by atoms with Crippen LogP contribution in [0.1, 0.15) is 322 Å². The first kappa shape index (κ1) is 93.6. The molecule has 0 spiro atoms. The summed E-state index contributed by atoms with van der Waals surface area (Å²) in [5.74, 6) is -2.05. The van der Waals surface area contributed by atoms with Crippen LogP contribution < -0.4 is 0 Å². The van der Waals surface area contributed by atoms with E-state index in [2.05, 4.69) is 184 Å². The average molecular weight is 1370 g/mol. The van der Waals surface area contributed by atoms with Crippen LogP contribution in [0.3, 0.4) is 0 Å². The van der Waals surface area contributed by atoms with E-state index in [4.69, 9.17) is 18.9 Å². The van der Waals surface area contributed by atoms with E-state index in [9.17, 15) is 19.5 Å². The number of hydrogen-bond donors (Lipinski definition) is 1. The number of aliphatic carboxylic acids is 1. The molecule has 0 aliphatic heterocycles. The van der Waals surface area contributed by atoms with Gasteiger partial charge in [0, 0.05) is 12.8 Å². The molecule has 9 heteroatoms. The molecule has 0 saturated heterocycles. The SMILES string of the molecule is CC/C=C\C/C=C\C/C=C\C/C=C\C/C=C\C/C=C\C/C=C\C/C=C\C/C=C\C/C=C\C/C=C\CCCCCC(=O)OC(COC(=O)CCCCCCCCCCCCCCCCCCCCCCCC/C=C\C/C=C\C/C=C\CCCCCCC)COC(OCC[N+](C)(C)C)C(=O)O. The minimum atomic E-state index is -1.53. The highest BCUT2D eigenvalue weighted by Crippen LogP contribution is 2.18. The van der Waals surface area contributed by atoms with E-state index in [0.29, 0.717) is 17.4 Å². The Morgan fingerprint density at radius 2 is 0.576 bits per heavy atom. The van der Waals surface area contributed by atoms with E-state index in [1.165, 1.54) is 167 Å². The van der Waals surface area contributed by atoms with Gasteiger partial charge >= 0.3 is 17.9 Å². The Balaban J connectivity index is 4.14. The summed E-state index contributed by atoms with van der Waals surface area (Å²) in [6.45, 7) is 4.72. The number of nitrogens with zero attached hydrogens (tertiary/aromatic N) is 1. The standard InChI is InChI=1S/C90H149NO8/c1-6-8-10-12-14-16-18-20-22-24-26-28-30-32-34-36-38-40-42-44-46-48-50-52-54-56-58-60-62-64-66-68-70-72-74-76-78-80-87(92)97-84-86(85-98-90(89(94)95)96-83-82-91(3,4)5)99-88(93)81-79-77-75-73-71-69-67-65-63-61-59-57-55-53-51-49-47-45-43-41-39-37-35-33-31-29-27-25-23-21-19-17-15-13-11-9-7-2/h9,11,15,17-18,20-21,23-24,26-27,29-30,32-33,35,39,41,45,47,51,53,57,59,63,65,69,71,86,90H,6-8,10,12-14,16,19,22,25,28,31,34,36-38,40,42-44,46,48-50,52,54-56,58,60-62,64,66-68,70,72-85H2,1-5H3/p+1/b11-9-,17-15-,20-18-,23-21-,26-24-,29-27-,32-30-,35-33-,41-39-,47-45-,53-51-,59-57-,65-63-,71-69-. The van der Waals surface area contributed by atoms with Crippen LogP contribution in [0, 0.1) is 0 Å². The van der Waals surface area contributed by atoms with Gasteiger partial charge in [-0.15, -0.1) is 0 Å². The molecule has 0 amide bonds. The maximum Gasteiger partial charge on any atom is 0.361 e. The van der Waals surface area contributed by atoms with Crippen LogP contribution in [0.5, 0.6) is 0 Å². The summed E-state index contributed by atoms with van der Waals surface area (Å²) >= 11 is 0. The number of rotatable bonds is 73. The fraction of sp³-hybridized carbons (Fsp3) is 0.656. The van der Waals surface area contributed by atoms with Crippen molar-refractivity contribution in [1.82, 2.24) is 0 Å². The largest absolute Gasteiger partial charge is 0.477 e. The van der Waals surface area contributed by atoms with Gasteiger partial charge in [0.25, 0.3) is 6.29 Å². The number of likely N-dealkylation sites (N-methyl/N-ethyl adjacent to an activating group) is 1. The lowest BCUT2D eigenvalue weighted by atomic mass is 10.0. The summed E-state index contributed by atoms with van der Waals surface area (Å²) in [6.07, 6.45) is 115. The Morgan fingerprint density at radius 1 is 0.313 bits per heavy atom. The van der Waals surface area contributed by atoms with Gasteiger partial charge in [0.1, 0.15) is 13.2 Å². The number of quaternary nitrogens is 1. The fourth-order valence-corrected chi connectivity index (χ4v) is 10.9. The van der Waals surface area contributed by atoms with Crippen LogP contribution in [0.2, 0.25) is 0 Å². The van der Waals surface area contributed by atoms with E-state index >= 15 is 0 Å². The third-order valence-corrected chi connectivity index (χ3v) is 17.0. The number of ether oxygens (including phenoxy) is 4. The summed E-state index contributed by atoms with van der Waals surface area (Å²) in [4.78, 5) is 37.7. The minimum absolute atomic E-state index is 0.173. The summed E-state index contributed by atoms with van der Waals surface area (Å²) in [6, 6.07) is 0. The molecule has 0 radical (unpaired) electrons. The average Bonchev–Trinajstić information content (AvgIpc) is 2.19. The summed E-state index contributed by atoms with van der Waals surface area (Å²) in [5, 5.41) is 9.77. The van der Waals surface area contributed by atoms with E-state index in [-0.39, 0.29) is 38.6 Å². The number of carboxylic acids is 1. The third-order valence-electron chi connectivity index (χ3n) is 17.0. The number of carbonyl (C=O) groups is 3. The molecule has 0 aromatic rings. The molecule has 99 heavy (non-hydrogen) atoms. The van der Waals surface area contributed by atoms with Crippen LogP contribution in [0.25, 0.3) is 0 Å². The van der Waals surface area contributed by atoms with E-state index in [1.54, 1.807) is 0 Å². The Hall–Kier alpha value is -5.35. The van der Waals surface area contributed by atoms with Gasteiger partial charge in [-0.05, 0) is 135 Å². The molecule has 1 N–H and O–H groups in total. The number of unbranched alkanes of at least 4 members (excludes halogenated alkanes) is 30. The number of carbonyl (C=O) groups excluding carboxylic acids is 2. The van der Waals surface area contributed by atoms with Gasteiger partial charge in [-0.25, -0.2) is 4.79 Å². The topological polar surface area (TPSA) is 108 Å². The van der Waals surface area contributed by atoms with Gasteiger partial charge < -0.3 is 28.5 Å². The molecule has 0 rings (SSSR count). The van der Waals surface area contributed by atoms with Crippen molar-refractivity contribution >= 4 is 17.9 Å². The number of esters is 2. The molecule has 0 saturated carbocycles. The molecule has 0 aliphatic rings. The third kappa shape index (κ3) is 79.8. The maximum atomic E-state index is 13.0. The lowest BCUT2D eigenvalue weighted by molar-refractivity contribution is -0.870. The Kier molecular flexibility index (Phi) is 74.1. The Labute approximate surface area is 609 Å². The summed E-state index contributed by atoms with van der Waals surface area (Å²) in [5.41, 5.74) is 0. The molecule has 0 bridgehead atoms. The van der Waals surface area contributed by atoms with Crippen molar-refractivity contribution in [1.29, 1.82) is 0 Å². The van der Waals surface area contributed by atoms with Crippen molar-refractivity contribution in [3.05, 3.63) is 170 Å². The highest BCUT2D eigenvalue weighted by Gasteiger charge is 2.25. The second-order valence-electron chi connectivity index (χ2n) is 27.6. The van der Waals surface area contributed by atoms with Crippen LogP contribution in [-0.4, -0.2) is 87.4 Å². The van der Waals surface area contributed by atoms with Gasteiger partial charge in [0.05, 0.1) is 34.4 Å². The molecule has 0 aromatic carbocycles. The smallest absolute Gasteiger partial charge is 0.361 e. The van der Waals surface area contributed by atoms with E-state index in [0.717, 1.165) is 122 Å². The molecule has 562 valence electrons. The molecule has 0 aromatic heterocycles. The molecule has 0 aliphatic carbocycles. The maximum absolute atomic E-state index is 13.0. The van der Waals surface area contributed by atoms with Crippen molar-refractivity contribution in [2.24, 2.45) is 0 Å². The van der Waals surface area contributed by atoms with Gasteiger partial charge in [-0.3, -0.25) is 9.59 Å². The van der Waals surface area contributed by atoms with Crippen LogP contribution >= 0.6 is 0 Å². The monoisotopic (exact) mass is 1370 g/mol. The highest BCUT2D eigenvalue weighted by atomic mass is 16.7. The zero-order valence-electron chi connectivity index (χ0n) is 64.3. The van der Waals surface area contributed by atoms with Crippen molar-refractivity contribution in [3.8, 4) is 0 Å². The minimum Gasteiger partial charge on any atom is -0.477 e. The van der Waals surface area contributed by atoms with Crippen LogP contribution in [0.15, 0.2) is 170 Å². The van der Waals surface area contributed by atoms with Crippen molar-refractivity contribution in [2.75, 3.05) is 47.5 Å². The van der Waals surface area contributed by atoms with E-state index in [1.807, 2.05) is 21.1 Å². The first-order chi connectivity index (χ1) is 48.6. The first-order valence-corrected chi connectivity index (χ1v) is 40.3. The zero-order chi connectivity index (χ0) is 71.8. The first-order valence-electron chi connectivity index (χ1n) is 40.3. The molecular formula is C90H150NO8+. The molecule has 0 fully saturated rings. The predicted octanol–water partition coefficient (Wildman–Crippen LogP) is 26.1. The van der Waals surface area contributed by atoms with Crippen LogP contribution in [0.4, 0.5) is 0 Å². The lowest BCUT2D eigenvalue weighted by Gasteiger charge is -2.25. The van der Waals surface area contributed by atoms with Crippen molar-refractivity contribution in [2.45, 2.75) is 334 Å². The predicted molar refractivity (Wildman–Crippen MR) is 428 cm³/mol. The van der Waals surface area contributed by atoms with Crippen LogP contribution in [-0.2, 0) is 33.3 Å². The molecule has 0 heterocycles. The van der Waals surface area contributed by atoms with Crippen molar-refractivity contribution in [3.63, 3.8) is 0 Å². The second-order valence-corrected chi connectivity index (χ2v) is 27.6. The quantitative estimate of drug-likeness (QED) is 0.0211. The zero-order valence-corrected chi connectivity index (χ0v) is 64.3. The number of allylic oxidation sites excluding steroid dienone is 28. The van der Waals surface area contributed by atoms with E-state index < -0.39 is 24.3 Å². The van der Waals surface area contributed by atoms with Gasteiger partial charge in [-0.2, -0.15) is 0 Å². The number of carboxylic acid groups (broad SMARTS) is 1. The fourth-order valence-electron chi connectivity index (χ4n) is 10.9. The number of hydrogen-bond acceptors (Lipinski definition) is 7. The van der Waals surface area contributed by atoms with Gasteiger partial charge in [-0.1, -0.05) is 344 Å². The normalized spacial score (nSPS) is 13.6. The summed E-state index contributed by atoms with van der Waals surface area (Å²) in [7, 11) is 5.96. The summed E-state index contributed by atoms with van der Waals surface area (Å²) < 4.78 is 23.0. The van der Waals surface area contributed by atoms with Crippen molar-refractivity contribution < 1.29 is 42.9 Å². The lowest BCUT2D eigenvalue weighted by Crippen LogP contribution is -2.40. The molecule has 9 nitrogen and oxygen atoms in total. The highest BCUT2D eigenvalue weighted by molar-refractivity contribution is 5.71.